The molecule has 15 heavy (non-hydrogen) atoms. The van der Waals surface area contributed by atoms with Crippen molar-refractivity contribution in [2.75, 3.05) is 7.11 Å². The van der Waals surface area contributed by atoms with Crippen LogP contribution in [0.4, 0.5) is 8.78 Å². The van der Waals surface area contributed by atoms with Crippen LogP contribution >= 0.6 is 67.8 Å². The summed E-state index contributed by atoms with van der Waals surface area (Å²) in [6.45, 7) is 0. The fraction of sp³-hybridized carbons (Fsp3) is 0.125. The average Bonchev–Trinajstić information content (AvgIpc) is 2.23. The Morgan fingerprint density at radius 1 is 1.07 bits per heavy atom. The van der Waals surface area contributed by atoms with Crippen molar-refractivity contribution >= 4 is 73.7 Å². The number of carbonyl (C=O) groups is 1. The van der Waals surface area contributed by atoms with Gasteiger partial charge in [0, 0.05) is 0 Å². The van der Waals surface area contributed by atoms with Gasteiger partial charge in [-0.15, -0.1) is 0 Å². The number of esters is 1. The first-order chi connectivity index (χ1) is 6.91. The second kappa shape index (κ2) is 5.38. The van der Waals surface area contributed by atoms with Crippen molar-refractivity contribution in [1.82, 2.24) is 0 Å². The highest BCUT2D eigenvalue weighted by Crippen LogP contribution is 2.29. The zero-order valence-electron chi connectivity index (χ0n) is 7.21. The van der Waals surface area contributed by atoms with Crippen molar-refractivity contribution in [2.45, 2.75) is 0 Å². The van der Waals surface area contributed by atoms with E-state index in [0.717, 1.165) is 7.11 Å². The first-order valence-electron chi connectivity index (χ1n) is 3.51. The van der Waals surface area contributed by atoms with Gasteiger partial charge in [0.2, 0.25) is 0 Å². The molecule has 0 atom stereocenters. The van der Waals surface area contributed by atoms with E-state index >= 15 is 0 Å². The maximum atomic E-state index is 13.7. The average molecular weight is 550 g/mol. The van der Waals surface area contributed by atoms with Crippen LogP contribution < -0.4 is 0 Å². The van der Waals surface area contributed by atoms with Gasteiger partial charge in [-0.25, -0.2) is 13.6 Å². The minimum Gasteiger partial charge on any atom is -0.465 e. The highest BCUT2D eigenvalue weighted by Gasteiger charge is 2.25. The summed E-state index contributed by atoms with van der Waals surface area (Å²) in [4.78, 5) is 11.2. The summed E-state index contributed by atoms with van der Waals surface area (Å²) >= 11 is 4.93. The SMILES string of the molecule is COC(=O)c1c(F)c(I)c(I)c(F)c1I. The zero-order chi connectivity index (χ0) is 11.7. The summed E-state index contributed by atoms with van der Waals surface area (Å²) in [7, 11) is 1.13. The molecular weight excluding hydrogens is 547 g/mol. The molecule has 0 radical (unpaired) electrons. The van der Waals surface area contributed by atoms with E-state index in [2.05, 4.69) is 4.74 Å². The zero-order valence-corrected chi connectivity index (χ0v) is 13.7. The van der Waals surface area contributed by atoms with Gasteiger partial charge < -0.3 is 4.74 Å². The molecule has 1 rings (SSSR count). The summed E-state index contributed by atoms with van der Waals surface area (Å²) in [5, 5.41) is 0. The minimum absolute atomic E-state index is 0.0539. The predicted molar refractivity (Wildman–Crippen MR) is 75.8 cm³/mol. The van der Waals surface area contributed by atoms with E-state index in [0.29, 0.717) is 0 Å². The number of halogens is 5. The maximum Gasteiger partial charge on any atom is 0.342 e. The number of ether oxygens (including phenoxy) is 1. The number of benzene rings is 1. The van der Waals surface area contributed by atoms with Gasteiger partial charge in [0.15, 0.2) is 11.6 Å². The van der Waals surface area contributed by atoms with Gasteiger partial charge in [0.1, 0.15) is 5.56 Å². The Morgan fingerprint density at radius 3 is 2.00 bits per heavy atom. The Morgan fingerprint density at radius 2 is 1.53 bits per heavy atom. The van der Waals surface area contributed by atoms with E-state index < -0.39 is 17.6 Å². The lowest BCUT2D eigenvalue weighted by atomic mass is 10.2. The molecule has 0 unspecified atom stereocenters. The summed E-state index contributed by atoms with van der Waals surface area (Å²) in [5.74, 6) is -2.20. The van der Waals surface area contributed by atoms with Crippen molar-refractivity contribution in [3.8, 4) is 0 Å². The van der Waals surface area contributed by atoms with E-state index in [9.17, 15) is 13.6 Å². The molecule has 82 valence electrons. The van der Waals surface area contributed by atoms with Crippen molar-refractivity contribution in [3.05, 3.63) is 27.9 Å². The highest BCUT2D eigenvalue weighted by atomic mass is 127. The van der Waals surface area contributed by atoms with Crippen LogP contribution in [0.5, 0.6) is 0 Å². The van der Waals surface area contributed by atoms with Crippen LogP contribution in [0.3, 0.4) is 0 Å². The lowest BCUT2D eigenvalue weighted by Crippen LogP contribution is -2.12. The normalized spacial score (nSPS) is 10.3. The maximum absolute atomic E-state index is 13.7. The summed E-state index contributed by atoms with van der Waals surface area (Å²) in [6.07, 6.45) is 0. The van der Waals surface area contributed by atoms with Gasteiger partial charge in [0.05, 0.1) is 17.8 Å². The second-order valence-corrected chi connectivity index (χ2v) is 5.67. The summed E-state index contributed by atoms with van der Waals surface area (Å²) < 4.78 is 31.8. The number of hydrogen-bond acceptors (Lipinski definition) is 2. The van der Waals surface area contributed by atoms with Crippen LogP contribution in [0.15, 0.2) is 0 Å². The molecule has 0 saturated carbocycles. The number of hydrogen-bond donors (Lipinski definition) is 0. The standard InChI is InChI=1S/C8H3F2I3O2/c1-15-8(14)2-3(9)6(12)7(13)4(10)5(2)11/h1H3. The van der Waals surface area contributed by atoms with Crippen molar-refractivity contribution in [1.29, 1.82) is 0 Å². The van der Waals surface area contributed by atoms with E-state index in [1.165, 1.54) is 0 Å². The van der Waals surface area contributed by atoms with Crippen LogP contribution in [0.2, 0.25) is 0 Å². The van der Waals surface area contributed by atoms with Gasteiger partial charge in [-0.2, -0.15) is 0 Å². The number of carbonyl (C=O) groups excluding carboxylic acids is 1. The topological polar surface area (TPSA) is 26.3 Å². The van der Waals surface area contributed by atoms with Crippen LogP contribution in [0.25, 0.3) is 0 Å². The lowest BCUT2D eigenvalue weighted by molar-refractivity contribution is 0.0593. The molecule has 0 aromatic heterocycles. The summed E-state index contributed by atoms with van der Waals surface area (Å²) in [6, 6.07) is 0. The molecule has 0 aliphatic rings. The molecule has 7 heteroatoms. The smallest absolute Gasteiger partial charge is 0.342 e. The van der Waals surface area contributed by atoms with Gasteiger partial charge in [0.25, 0.3) is 0 Å². The van der Waals surface area contributed by atoms with Crippen LogP contribution in [0.1, 0.15) is 10.4 Å². The first kappa shape index (κ1) is 13.8. The Labute approximate surface area is 126 Å². The summed E-state index contributed by atoms with van der Waals surface area (Å²) in [5.41, 5.74) is -0.347. The predicted octanol–water partition coefficient (Wildman–Crippen LogP) is 3.57. The Bertz CT molecular complexity index is 405. The third-order valence-corrected chi connectivity index (χ3v) is 5.67. The lowest BCUT2D eigenvalue weighted by Gasteiger charge is -2.09. The largest absolute Gasteiger partial charge is 0.465 e. The molecule has 0 fully saturated rings. The van der Waals surface area contributed by atoms with Crippen LogP contribution in [-0.2, 0) is 4.74 Å². The molecule has 0 bridgehead atoms. The van der Waals surface area contributed by atoms with Gasteiger partial charge in [-0.3, -0.25) is 0 Å². The molecule has 0 amide bonds. The van der Waals surface area contributed by atoms with Crippen molar-refractivity contribution in [3.63, 3.8) is 0 Å². The van der Waals surface area contributed by atoms with E-state index in [-0.39, 0.29) is 16.3 Å². The minimum atomic E-state index is -0.870. The fourth-order valence-corrected chi connectivity index (χ4v) is 3.14. The fourth-order valence-electron chi connectivity index (χ4n) is 0.886. The molecule has 0 aliphatic heterocycles. The molecule has 1 aromatic carbocycles. The number of rotatable bonds is 1. The van der Waals surface area contributed by atoms with E-state index in [1.54, 1.807) is 67.8 Å². The molecule has 0 aliphatic carbocycles. The van der Waals surface area contributed by atoms with Gasteiger partial charge in [-0.05, 0) is 67.8 Å². The van der Waals surface area contributed by atoms with Crippen LogP contribution in [0, 0.1) is 22.3 Å². The molecule has 0 saturated heterocycles. The van der Waals surface area contributed by atoms with E-state index in [1.807, 2.05) is 0 Å². The van der Waals surface area contributed by atoms with E-state index in [4.69, 9.17) is 0 Å². The third kappa shape index (κ3) is 2.53. The van der Waals surface area contributed by atoms with Crippen LogP contribution in [-0.4, -0.2) is 13.1 Å². The Balaban J connectivity index is 3.60. The van der Waals surface area contributed by atoms with Gasteiger partial charge in [-0.1, -0.05) is 0 Å². The second-order valence-electron chi connectivity index (χ2n) is 2.44. The highest BCUT2D eigenvalue weighted by molar-refractivity contribution is 14.1. The van der Waals surface area contributed by atoms with Crippen molar-refractivity contribution < 1.29 is 18.3 Å². The monoisotopic (exact) mass is 550 g/mol. The molecule has 0 spiro atoms. The molecule has 2 nitrogen and oxygen atoms in total. The Kier molecular flexibility index (Phi) is 4.95. The number of methoxy groups -OCH3 is 1. The molecule has 1 aromatic rings. The Hall–Kier alpha value is 0.740. The molecular formula is C8H3F2I3O2. The first-order valence-corrected chi connectivity index (χ1v) is 6.75. The quantitative estimate of drug-likeness (QED) is 0.232. The van der Waals surface area contributed by atoms with Crippen molar-refractivity contribution in [2.24, 2.45) is 0 Å². The molecule has 0 N–H and O–H groups in total. The third-order valence-electron chi connectivity index (χ3n) is 1.60. The van der Waals surface area contributed by atoms with Gasteiger partial charge >= 0.3 is 5.97 Å². The molecule has 0 heterocycles.